The van der Waals surface area contributed by atoms with Gasteiger partial charge in [-0.05, 0) is 26.0 Å². The maximum Gasteiger partial charge on any atom is 0.238 e. The molecule has 0 saturated heterocycles. The fraction of sp³-hybridized carbons (Fsp3) is 0.455. The van der Waals surface area contributed by atoms with Crippen molar-refractivity contribution < 1.29 is 8.42 Å². The molecule has 2 N–H and O–H groups in total. The highest BCUT2D eigenvalue weighted by Crippen LogP contribution is 2.18. The average Bonchev–Trinajstić information content (AvgIpc) is 2.28. The summed E-state index contributed by atoms with van der Waals surface area (Å²) < 4.78 is 25.3. The van der Waals surface area contributed by atoms with Crippen molar-refractivity contribution in [2.45, 2.75) is 19.1 Å². The number of nitrogens with two attached hydrogens (primary N) is 1. The van der Waals surface area contributed by atoms with Gasteiger partial charge in [0.2, 0.25) is 10.0 Å². The third kappa shape index (κ3) is 2.54. The smallest absolute Gasteiger partial charge is 0.238 e. The molecule has 1 atom stereocenters. The number of benzene rings is 1. The molecule has 0 saturated carbocycles. The lowest BCUT2D eigenvalue weighted by atomic mass is 10.2. The van der Waals surface area contributed by atoms with Crippen molar-refractivity contribution in [1.29, 1.82) is 0 Å². The van der Waals surface area contributed by atoms with Gasteiger partial charge < -0.3 is 5.73 Å². The van der Waals surface area contributed by atoms with Crippen molar-refractivity contribution >= 4 is 15.7 Å². The summed E-state index contributed by atoms with van der Waals surface area (Å²) in [5.74, 6) is 0. The summed E-state index contributed by atoms with van der Waals surface area (Å²) >= 11 is 0. The Kier molecular flexibility index (Phi) is 3.93. The van der Waals surface area contributed by atoms with Crippen LogP contribution in [0.1, 0.15) is 12.5 Å². The minimum atomic E-state index is -3.35. The maximum absolute atomic E-state index is 12.0. The van der Waals surface area contributed by atoms with E-state index in [1.807, 2.05) is 19.1 Å². The minimum Gasteiger partial charge on any atom is -0.329 e. The normalized spacial score (nSPS) is 13.5. The summed E-state index contributed by atoms with van der Waals surface area (Å²) in [6.07, 6.45) is 0. The summed E-state index contributed by atoms with van der Waals surface area (Å²) in [5.41, 5.74) is 7.15. The Balaban J connectivity index is 3.02. The molecule has 0 aliphatic heterocycles. The van der Waals surface area contributed by atoms with Crippen LogP contribution in [-0.4, -0.2) is 27.3 Å². The number of hydrogen-bond acceptors (Lipinski definition) is 3. The van der Waals surface area contributed by atoms with Crippen molar-refractivity contribution in [1.82, 2.24) is 0 Å². The van der Waals surface area contributed by atoms with E-state index in [0.29, 0.717) is 5.69 Å². The van der Waals surface area contributed by atoms with Gasteiger partial charge in [-0.25, -0.2) is 8.42 Å². The lowest BCUT2D eigenvalue weighted by Crippen LogP contribution is -2.38. The fourth-order valence-electron chi connectivity index (χ4n) is 1.29. The van der Waals surface area contributed by atoms with Crippen LogP contribution in [0, 0.1) is 6.92 Å². The van der Waals surface area contributed by atoms with Crippen LogP contribution < -0.4 is 10.0 Å². The molecule has 16 heavy (non-hydrogen) atoms. The van der Waals surface area contributed by atoms with Gasteiger partial charge in [-0.1, -0.05) is 17.7 Å². The van der Waals surface area contributed by atoms with Crippen molar-refractivity contribution in [3.05, 3.63) is 29.8 Å². The Morgan fingerprint density at radius 3 is 2.25 bits per heavy atom. The highest BCUT2D eigenvalue weighted by Gasteiger charge is 2.24. The van der Waals surface area contributed by atoms with E-state index in [-0.39, 0.29) is 6.54 Å². The third-order valence-electron chi connectivity index (χ3n) is 2.62. The van der Waals surface area contributed by atoms with Crippen molar-refractivity contribution in [3.63, 3.8) is 0 Å². The molecule has 0 aliphatic rings. The molecule has 0 radical (unpaired) electrons. The Bertz CT molecular complexity index is 440. The van der Waals surface area contributed by atoms with E-state index in [4.69, 9.17) is 5.73 Å². The molecule has 0 bridgehead atoms. The molecule has 1 unspecified atom stereocenters. The van der Waals surface area contributed by atoms with Crippen LogP contribution in [0.3, 0.4) is 0 Å². The minimum absolute atomic E-state index is 0.124. The second-order valence-corrected chi connectivity index (χ2v) is 6.28. The van der Waals surface area contributed by atoms with Crippen LogP contribution in [0.25, 0.3) is 0 Å². The molecule has 90 valence electrons. The van der Waals surface area contributed by atoms with E-state index in [9.17, 15) is 8.42 Å². The quantitative estimate of drug-likeness (QED) is 0.860. The number of nitrogens with zero attached hydrogens (tertiary/aromatic N) is 1. The topological polar surface area (TPSA) is 63.4 Å². The van der Waals surface area contributed by atoms with Crippen LogP contribution in [0.2, 0.25) is 0 Å². The van der Waals surface area contributed by atoms with Crippen molar-refractivity contribution in [2.75, 3.05) is 17.9 Å². The second-order valence-electron chi connectivity index (χ2n) is 3.89. The van der Waals surface area contributed by atoms with E-state index in [0.717, 1.165) is 5.56 Å². The van der Waals surface area contributed by atoms with E-state index >= 15 is 0 Å². The largest absolute Gasteiger partial charge is 0.329 e. The number of hydrogen-bond donors (Lipinski definition) is 1. The third-order valence-corrected chi connectivity index (χ3v) is 4.80. The molecule has 0 spiro atoms. The summed E-state index contributed by atoms with van der Waals surface area (Å²) in [4.78, 5) is 0. The highest BCUT2D eigenvalue weighted by molar-refractivity contribution is 7.93. The molecule has 0 aromatic heterocycles. The molecule has 1 aromatic carbocycles. The Hall–Kier alpha value is -1.07. The first-order valence-electron chi connectivity index (χ1n) is 5.14. The van der Waals surface area contributed by atoms with Gasteiger partial charge in [0.05, 0.1) is 10.9 Å². The standard InChI is InChI=1S/C11H18N2O2S/c1-9-4-6-11(7-5-9)13(3)16(14,15)10(2)8-12/h4-7,10H,8,12H2,1-3H3. The molecule has 5 heteroatoms. The Morgan fingerprint density at radius 2 is 1.81 bits per heavy atom. The van der Waals surface area contributed by atoms with Crippen LogP contribution in [-0.2, 0) is 10.0 Å². The van der Waals surface area contributed by atoms with Gasteiger partial charge in [0.1, 0.15) is 0 Å². The average molecular weight is 242 g/mol. The molecular weight excluding hydrogens is 224 g/mol. The highest BCUT2D eigenvalue weighted by atomic mass is 32.2. The maximum atomic E-state index is 12.0. The number of rotatable bonds is 4. The lowest BCUT2D eigenvalue weighted by molar-refractivity contribution is 0.582. The van der Waals surface area contributed by atoms with Crippen molar-refractivity contribution in [2.24, 2.45) is 5.73 Å². The van der Waals surface area contributed by atoms with Gasteiger partial charge in [-0.2, -0.15) is 0 Å². The van der Waals surface area contributed by atoms with Crippen LogP contribution in [0.15, 0.2) is 24.3 Å². The van der Waals surface area contributed by atoms with Crippen LogP contribution in [0.5, 0.6) is 0 Å². The van der Waals surface area contributed by atoms with Crippen LogP contribution in [0.4, 0.5) is 5.69 Å². The van der Waals surface area contributed by atoms with Gasteiger partial charge in [0.15, 0.2) is 0 Å². The van der Waals surface area contributed by atoms with Gasteiger partial charge in [0.25, 0.3) is 0 Å². The Labute approximate surface area is 97.1 Å². The van der Waals surface area contributed by atoms with E-state index in [1.54, 1.807) is 26.1 Å². The molecule has 4 nitrogen and oxygen atoms in total. The lowest BCUT2D eigenvalue weighted by Gasteiger charge is -2.23. The van der Waals surface area contributed by atoms with E-state index < -0.39 is 15.3 Å². The van der Waals surface area contributed by atoms with Gasteiger partial charge >= 0.3 is 0 Å². The Morgan fingerprint density at radius 1 is 1.31 bits per heavy atom. The number of aryl methyl sites for hydroxylation is 1. The second kappa shape index (κ2) is 4.84. The summed E-state index contributed by atoms with van der Waals surface area (Å²) in [7, 11) is -1.80. The van der Waals surface area contributed by atoms with Crippen molar-refractivity contribution in [3.8, 4) is 0 Å². The fourth-order valence-corrected chi connectivity index (χ4v) is 2.49. The molecule has 0 amide bonds. The zero-order valence-electron chi connectivity index (χ0n) is 9.84. The zero-order valence-corrected chi connectivity index (χ0v) is 10.7. The molecule has 0 aliphatic carbocycles. The molecule has 0 heterocycles. The number of sulfonamides is 1. The molecule has 1 rings (SSSR count). The van der Waals surface area contributed by atoms with Gasteiger partial charge in [-0.15, -0.1) is 0 Å². The monoisotopic (exact) mass is 242 g/mol. The summed E-state index contributed by atoms with van der Waals surface area (Å²) in [6.45, 7) is 3.69. The van der Waals surface area contributed by atoms with E-state index in [1.165, 1.54) is 4.31 Å². The zero-order chi connectivity index (χ0) is 12.3. The molecule has 1 aromatic rings. The van der Waals surface area contributed by atoms with Crippen LogP contribution >= 0.6 is 0 Å². The van der Waals surface area contributed by atoms with Gasteiger partial charge in [0, 0.05) is 13.6 Å². The summed E-state index contributed by atoms with van der Waals surface area (Å²) in [6, 6.07) is 7.34. The summed E-state index contributed by atoms with van der Waals surface area (Å²) in [5, 5.41) is -0.571. The predicted molar refractivity (Wildman–Crippen MR) is 67.0 cm³/mol. The number of anilines is 1. The first kappa shape index (κ1) is 13.0. The molecular formula is C11H18N2O2S. The first-order valence-corrected chi connectivity index (χ1v) is 6.64. The van der Waals surface area contributed by atoms with E-state index in [2.05, 4.69) is 0 Å². The predicted octanol–water partition coefficient (Wildman–Crippen LogP) is 1.11. The first-order chi connectivity index (χ1) is 7.39. The SMILES string of the molecule is Cc1ccc(N(C)S(=O)(=O)C(C)CN)cc1. The molecule has 0 fully saturated rings. The van der Waals surface area contributed by atoms with Gasteiger partial charge in [-0.3, -0.25) is 4.31 Å².